The zero-order valence-electron chi connectivity index (χ0n) is 12.7. The minimum Gasteiger partial charge on any atom is -0.396 e. The summed E-state index contributed by atoms with van der Waals surface area (Å²) in [4.78, 5) is 14.3. The molecule has 1 aromatic heterocycles. The maximum absolute atomic E-state index is 12.5. The highest BCUT2D eigenvalue weighted by Crippen LogP contribution is 2.21. The number of nitrogens with zero attached hydrogens (tertiary/aromatic N) is 2. The third kappa shape index (κ3) is 3.04. The van der Waals surface area contributed by atoms with Crippen LogP contribution in [0.5, 0.6) is 0 Å². The lowest BCUT2D eigenvalue weighted by atomic mass is 9.99. The lowest BCUT2D eigenvalue weighted by molar-refractivity contribution is 0.0615. The van der Waals surface area contributed by atoms with Crippen LogP contribution in [0.2, 0.25) is 0 Å². The molecule has 0 bridgehead atoms. The zero-order valence-corrected chi connectivity index (χ0v) is 12.7. The summed E-state index contributed by atoms with van der Waals surface area (Å²) >= 11 is 0. The molecule has 22 heavy (non-hydrogen) atoms. The Labute approximate surface area is 130 Å². The quantitative estimate of drug-likeness (QED) is 0.913. The molecule has 5 heteroatoms. The molecule has 3 rings (SSSR count). The van der Waals surface area contributed by atoms with Crippen LogP contribution in [-0.2, 0) is 0 Å². The highest BCUT2D eigenvalue weighted by molar-refractivity contribution is 5.93. The van der Waals surface area contributed by atoms with E-state index in [1.807, 2.05) is 31.2 Å². The van der Waals surface area contributed by atoms with Gasteiger partial charge >= 0.3 is 0 Å². The SMILES string of the molecule is Cc1ccc(-c2cc(C(=O)N3CCCC(CO)C3)[nH]n2)cc1. The first-order chi connectivity index (χ1) is 10.7. The van der Waals surface area contributed by atoms with E-state index >= 15 is 0 Å². The number of amides is 1. The number of aromatic amines is 1. The Kier molecular flexibility index (Phi) is 4.24. The predicted molar refractivity (Wildman–Crippen MR) is 84.5 cm³/mol. The normalized spacial score (nSPS) is 18.5. The average Bonchev–Trinajstić information content (AvgIpc) is 3.05. The van der Waals surface area contributed by atoms with Crippen LogP contribution in [0.1, 0.15) is 28.9 Å². The number of aliphatic hydroxyl groups is 1. The van der Waals surface area contributed by atoms with E-state index in [1.54, 1.807) is 11.0 Å². The summed E-state index contributed by atoms with van der Waals surface area (Å²) in [6, 6.07) is 9.87. The summed E-state index contributed by atoms with van der Waals surface area (Å²) in [7, 11) is 0. The fourth-order valence-corrected chi connectivity index (χ4v) is 2.87. The van der Waals surface area contributed by atoms with Crippen LogP contribution >= 0.6 is 0 Å². The maximum atomic E-state index is 12.5. The highest BCUT2D eigenvalue weighted by Gasteiger charge is 2.25. The number of aromatic nitrogens is 2. The second-order valence-corrected chi connectivity index (χ2v) is 5.97. The van der Waals surface area contributed by atoms with Gasteiger partial charge in [-0.15, -0.1) is 0 Å². The number of rotatable bonds is 3. The molecule has 0 spiro atoms. The number of H-pyrrole nitrogens is 1. The van der Waals surface area contributed by atoms with Gasteiger partial charge in [-0.1, -0.05) is 29.8 Å². The van der Waals surface area contributed by atoms with Crippen molar-refractivity contribution in [1.82, 2.24) is 15.1 Å². The molecule has 2 heterocycles. The number of piperidine rings is 1. The van der Waals surface area contributed by atoms with E-state index in [-0.39, 0.29) is 18.4 Å². The van der Waals surface area contributed by atoms with Crippen molar-refractivity contribution in [3.8, 4) is 11.3 Å². The zero-order chi connectivity index (χ0) is 15.5. The fraction of sp³-hybridized carbons (Fsp3) is 0.412. The van der Waals surface area contributed by atoms with Crippen molar-refractivity contribution in [2.75, 3.05) is 19.7 Å². The van der Waals surface area contributed by atoms with Crippen LogP contribution in [0.15, 0.2) is 30.3 Å². The minimum absolute atomic E-state index is 0.0380. The van der Waals surface area contributed by atoms with Gasteiger partial charge in [0.25, 0.3) is 5.91 Å². The van der Waals surface area contributed by atoms with Gasteiger partial charge in [-0.25, -0.2) is 0 Å². The Morgan fingerprint density at radius 2 is 2.18 bits per heavy atom. The van der Waals surface area contributed by atoms with Crippen LogP contribution in [0.3, 0.4) is 0 Å². The van der Waals surface area contributed by atoms with E-state index in [1.165, 1.54) is 5.56 Å². The third-order valence-electron chi connectivity index (χ3n) is 4.22. The first kappa shape index (κ1) is 14.8. The van der Waals surface area contributed by atoms with Crippen molar-refractivity contribution in [3.63, 3.8) is 0 Å². The van der Waals surface area contributed by atoms with E-state index in [0.29, 0.717) is 12.2 Å². The number of aliphatic hydroxyl groups excluding tert-OH is 1. The summed E-state index contributed by atoms with van der Waals surface area (Å²) in [6.45, 7) is 3.54. The number of aryl methyl sites for hydroxylation is 1. The van der Waals surface area contributed by atoms with Gasteiger partial charge in [0.15, 0.2) is 0 Å². The monoisotopic (exact) mass is 299 g/mol. The van der Waals surface area contributed by atoms with Gasteiger partial charge in [-0.2, -0.15) is 5.10 Å². The molecule has 1 aromatic carbocycles. The highest BCUT2D eigenvalue weighted by atomic mass is 16.3. The molecule has 1 aliphatic rings. The standard InChI is InChI=1S/C17H21N3O2/c1-12-4-6-14(7-5-12)15-9-16(19-18-15)17(22)20-8-2-3-13(10-20)11-21/h4-7,9,13,21H,2-3,8,10-11H2,1H3,(H,18,19). The van der Waals surface area contributed by atoms with Crippen LogP contribution in [0.4, 0.5) is 0 Å². The molecule has 0 radical (unpaired) electrons. The average molecular weight is 299 g/mol. The number of benzene rings is 1. The van der Waals surface area contributed by atoms with Crippen LogP contribution in [0, 0.1) is 12.8 Å². The van der Waals surface area contributed by atoms with E-state index in [9.17, 15) is 9.90 Å². The first-order valence-electron chi connectivity index (χ1n) is 7.70. The predicted octanol–water partition coefficient (Wildman–Crippen LogP) is 2.23. The maximum Gasteiger partial charge on any atom is 0.271 e. The Morgan fingerprint density at radius 3 is 2.91 bits per heavy atom. The Bertz CT molecular complexity index is 648. The molecule has 1 aliphatic heterocycles. The van der Waals surface area contributed by atoms with Crippen molar-refractivity contribution in [2.45, 2.75) is 19.8 Å². The number of carbonyl (C=O) groups excluding carboxylic acids is 1. The molecule has 0 aliphatic carbocycles. The molecule has 2 N–H and O–H groups in total. The molecule has 1 amide bonds. The van der Waals surface area contributed by atoms with Gasteiger partial charge in [0.2, 0.25) is 0 Å². The van der Waals surface area contributed by atoms with Crippen molar-refractivity contribution in [2.24, 2.45) is 5.92 Å². The van der Waals surface area contributed by atoms with E-state index < -0.39 is 0 Å². The Balaban J connectivity index is 1.75. The summed E-state index contributed by atoms with van der Waals surface area (Å²) in [5.41, 5.74) is 3.47. The molecule has 0 saturated carbocycles. The number of likely N-dealkylation sites (tertiary alicyclic amines) is 1. The molecule has 5 nitrogen and oxygen atoms in total. The Morgan fingerprint density at radius 1 is 1.41 bits per heavy atom. The topological polar surface area (TPSA) is 69.2 Å². The number of hydrogen-bond acceptors (Lipinski definition) is 3. The van der Waals surface area contributed by atoms with Gasteiger partial charge in [-0.05, 0) is 31.7 Å². The van der Waals surface area contributed by atoms with Gasteiger partial charge < -0.3 is 10.0 Å². The van der Waals surface area contributed by atoms with E-state index in [4.69, 9.17) is 0 Å². The molecule has 1 unspecified atom stereocenters. The summed E-state index contributed by atoms with van der Waals surface area (Å²) < 4.78 is 0. The second kappa shape index (κ2) is 6.32. The lowest BCUT2D eigenvalue weighted by Crippen LogP contribution is -2.41. The lowest BCUT2D eigenvalue weighted by Gasteiger charge is -2.31. The molecule has 1 saturated heterocycles. The molecule has 2 aromatic rings. The molecule has 116 valence electrons. The number of hydrogen-bond donors (Lipinski definition) is 2. The second-order valence-electron chi connectivity index (χ2n) is 5.97. The molecule has 1 atom stereocenters. The van der Waals surface area contributed by atoms with E-state index in [0.717, 1.165) is 30.6 Å². The molecular formula is C17H21N3O2. The summed E-state index contributed by atoms with van der Waals surface area (Å²) in [6.07, 6.45) is 1.92. The van der Waals surface area contributed by atoms with Gasteiger partial charge in [-0.3, -0.25) is 9.89 Å². The fourth-order valence-electron chi connectivity index (χ4n) is 2.87. The van der Waals surface area contributed by atoms with Crippen LogP contribution in [-0.4, -0.2) is 45.8 Å². The molecule has 1 fully saturated rings. The Hall–Kier alpha value is -2.14. The van der Waals surface area contributed by atoms with Crippen molar-refractivity contribution in [3.05, 3.63) is 41.6 Å². The third-order valence-corrected chi connectivity index (χ3v) is 4.22. The van der Waals surface area contributed by atoms with Crippen molar-refractivity contribution < 1.29 is 9.90 Å². The van der Waals surface area contributed by atoms with Crippen molar-refractivity contribution in [1.29, 1.82) is 0 Å². The van der Waals surface area contributed by atoms with Crippen molar-refractivity contribution >= 4 is 5.91 Å². The molecular weight excluding hydrogens is 278 g/mol. The minimum atomic E-state index is -0.0380. The van der Waals surface area contributed by atoms with Gasteiger partial charge in [0, 0.05) is 25.3 Å². The van der Waals surface area contributed by atoms with Gasteiger partial charge in [0.05, 0.1) is 5.69 Å². The summed E-state index contributed by atoms with van der Waals surface area (Å²) in [5, 5.41) is 16.4. The van der Waals surface area contributed by atoms with E-state index in [2.05, 4.69) is 10.2 Å². The van der Waals surface area contributed by atoms with Gasteiger partial charge in [0.1, 0.15) is 5.69 Å². The van der Waals surface area contributed by atoms with Crippen LogP contribution < -0.4 is 0 Å². The smallest absolute Gasteiger partial charge is 0.271 e. The van der Waals surface area contributed by atoms with Crippen LogP contribution in [0.25, 0.3) is 11.3 Å². The largest absolute Gasteiger partial charge is 0.396 e. The number of carbonyl (C=O) groups is 1. The summed E-state index contributed by atoms with van der Waals surface area (Å²) in [5.74, 6) is 0.154. The number of nitrogens with one attached hydrogen (secondary N) is 1. The first-order valence-corrected chi connectivity index (χ1v) is 7.70.